The van der Waals surface area contributed by atoms with Gasteiger partial charge in [-0.05, 0) is 20.5 Å². The molecule has 0 heterocycles. The first-order valence-electron chi connectivity index (χ1n) is 5.83. The zero-order chi connectivity index (χ0) is 10.8. The van der Waals surface area contributed by atoms with Gasteiger partial charge in [0.15, 0.2) is 0 Å². The van der Waals surface area contributed by atoms with Crippen molar-refractivity contribution >= 4 is 5.78 Å². The van der Waals surface area contributed by atoms with Gasteiger partial charge in [0.1, 0.15) is 5.78 Å². The predicted octanol–water partition coefficient (Wildman–Crippen LogP) is 2.87. The summed E-state index contributed by atoms with van der Waals surface area (Å²) < 4.78 is 0. The van der Waals surface area contributed by atoms with Crippen LogP contribution in [-0.2, 0) is 4.79 Å². The average molecular weight is 199 g/mol. The van der Waals surface area contributed by atoms with Gasteiger partial charge in [-0.1, -0.05) is 32.6 Å². The maximum absolute atomic E-state index is 11.4. The third-order valence-corrected chi connectivity index (χ3v) is 2.40. The molecule has 2 nitrogen and oxygen atoms in total. The van der Waals surface area contributed by atoms with E-state index in [0.29, 0.717) is 5.78 Å². The topological polar surface area (TPSA) is 20.3 Å². The van der Waals surface area contributed by atoms with Crippen molar-refractivity contribution in [3.05, 3.63) is 0 Å². The number of hydrogen-bond donors (Lipinski definition) is 0. The van der Waals surface area contributed by atoms with E-state index in [9.17, 15) is 4.79 Å². The second kappa shape index (κ2) is 9.20. The van der Waals surface area contributed by atoms with E-state index in [1.54, 1.807) is 0 Å². The molecule has 0 aromatic carbocycles. The summed E-state index contributed by atoms with van der Waals surface area (Å²) in [7, 11) is 4.02. The predicted molar refractivity (Wildman–Crippen MR) is 61.6 cm³/mol. The Morgan fingerprint density at radius 1 is 1.00 bits per heavy atom. The van der Waals surface area contributed by atoms with E-state index in [-0.39, 0.29) is 0 Å². The summed E-state index contributed by atoms with van der Waals surface area (Å²) in [5.74, 6) is 0.426. The molecule has 0 bridgehead atoms. The van der Waals surface area contributed by atoms with Crippen LogP contribution in [0.5, 0.6) is 0 Å². The summed E-state index contributed by atoms with van der Waals surface area (Å²) >= 11 is 0. The summed E-state index contributed by atoms with van der Waals surface area (Å²) in [6.07, 6.45) is 7.70. The Kier molecular flexibility index (Phi) is 8.95. The van der Waals surface area contributed by atoms with Crippen LogP contribution < -0.4 is 0 Å². The summed E-state index contributed by atoms with van der Waals surface area (Å²) in [5.41, 5.74) is 0. The smallest absolute Gasteiger partial charge is 0.134 e. The van der Waals surface area contributed by atoms with Crippen molar-refractivity contribution in [2.45, 2.75) is 51.9 Å². The van der Waals surface area contributed by atoms with Crippen LogP contribution >= 0.6 is 0 Å². The molecule has 0 atom stereocenters. The third-order valence-electron chi connectivity index (χ3n) is 2.40. The molecule has 0 spiro atoms. The van der Waals surface area contributed by atoms with E-state index in [1.807, 2.05) is 14.1 Å². The van der Waals surface area contributed by atoms with E-state index in [1.165, 1.54) is 25.7 Å². The highest BCUT2D eigenvalue weighted by atomic mass is 16.1. The van der Waals surface area contributed by atoms with E-state index < -0.39 is 0 Å². The molecule has 0 unspecified atom stereocenters. The van der Waals surface area contributed by atoms with Crippen LogP contribution in [0.3, 0.4) is 0 Å². The van der Waals surface area contributed by atoms with Crippen molar-refractivity contribution < 1.29 is 4.79 Å². The highest BCUT2D eigenvalue weighted by Gasteiger charge is 2.01. The number of ketones is 1. The van der Waals surface area contributed by atoms with Crippen LogP contribution in [-0.4, -0.2) is 31.3 Å². The fraction of sp³-hybridized carbons (Fsp3) is 0.917. The highest BCUT2D eigenvalue weighted by Crippen LogP contribution is 2.06. The van der Waals surface area contributed by atoms with Crippen LogP contribution in [0.25, 0.3) is 0 Å². The first-order valence-corrected chi connectivity index (χ1v) is 5.83. The Bertz CT molecular complexity index is 143. The maximum atomic E-state index is 11.4. The fourth-order valence-electron chi connectivity index (χ4n) is 1.40. The van der Waals surface area contributed by atoms with Gasteiger partial charge >= 0.3 is 0 Å². The molecular weight excluding hydrogens is 174 g/mol. The normalized spacial score (nSPS) is 10.9. The highest BCUT2D eigenvalue weighted by molar-refractivity contribution is 5.78. The van der Waals surface area contributed by atoms with Crippen molar-refractivity contribution in [1.29, 1.82) is 0 Å². The molecule has 0 saturated carbocycles. The lowest BCUT2D eigenvalue weighted by molar-refractivity contribution is -0.119. The van der Waals surface area contributed by atoms with Crippen LogP contribution in [0.2, 0.25) is 0 Å². The summed E-state index contributed by atoms with van der Waals surface area (Å²) in [6, 6.07) is 0. The number of nitrogens with zero attached hydrogens (tertiary/aromatic N) is 1. The number of carbonyl (C=O) groups excluding carboxylic acids is 1. The van der Waals surface area contributed by atoms with Crippen LogP contribution in [0.4, 0.5) is 0 Å². The molecule has 0 aliphatic rings. The summed E-state index contributed by atoms with van der Waals surface area (Å²) in [6.45, 7) is 3.11. The molecule has 0 radical (unpaired) electrons. The van der Waals surface area contributed by atoms with Gasteiger partial charge in [-0.3, -0.25) is 4.79 Å². The first kappa shape index (κ1) is 13.6. The lowest BCUT2D eigenvalue weighted by Crippen LogP contribution is -2.16. The van der Waals surface area contributed by atoms with E-state index >= 15 is 0 Å². The van der Waals surface area contributed by atoms with Crippen molar-refractivity contribution in [3.63, 3.8) is 0 Å². The van der Waals surface area contributed by atoms with Crippen molar-refractivity contribution in [2.24, 2.45) is 0 Å². The van der Waals surface area contributed by atoms with Gasteiger partial charge < -0.3 is 4.90 Å². The van der Waals surface area contributed by atoms with Gasteiger partial charge in [-0.25, -0.2) is 0 Å². The van der Waals surface area contributed by atoms with Gasteiger partial charge in [0, 0.05) is 19.4 Å². The van der Waals surface area contributed by atoms with Gasteiger partial charge in [0.05, 0.1) is 0 Å². The second-order valence-electron chi connectivity index (χ2n) is 4.26. The average Bonchev–Trinajstić information content (AvgIpc) is 2.14. The Balaban J connectivity index is 3.18. The molecule has 0 N–H and O–H groups in total. The van der Waals surface area contributed by atoms with Crippen LogP contribution in [0.15, 0.2) is 0 Å². The monoisotopic (exact) mass is 199 g/mol. The minimum atomic E-state index is 0.426. The Labute approximate surface area is 88.7 Å². The SMILES string of the molecule is CCCCCCCC(=O)CCN(C)C. The minimum Gasteiger partial charge on any atom is -0.309 e. The molecule has 0 aromatic rings. The molecule has 0 fully saturated rings. The van der Waals surface area contributed by atoms with Crippen molar-refractivity contribution in [3.8, 4) is 0 Å². The summed E-state index contributed by atoms with van der Waals surface area (Å²) in [5, 5.41) is 0. The van der Waals surface area contributed by atoms with E-state index in [4.69, 9.17) is 0 Å². The molecule has 84 valence electrons. The number of unbranched alkanes of at least 4 members (excludes halogenated alkanes) is 4. The molecule has 0 amide bonds. The Hall–Kier alpha value is -0.370. The quantitative estimate of drug-likeness (QED) is 0.532. The Morgan fingerprint density at radius 2 is 1.64 bits per heavy atom. The number of rotatable bonds is 9. The van der Waals surface area contributed by atoms with Gasteiger partial charge in [-0.15, -0.1) is 0 Å². The number of carbonyl (C=O) groups is 1. The maximum Gasteiger partial charge on any atom is 0.134 e. The van der Waals surface area contributed by atoms with Gasteiger partial charge in [-0.2, -0.15) is 0 Å². The van der Waals surface area contributed by atoms with Crippen LogP contribution in [0.1, 0.15) is 51.9 Å². The first-order chi connectivity index (χ1) is 6.66. The molecule has 2 heteroatoms. The molecule has 0 aromatic heterocycles. The molecule has 0 saturated heterocycles. The van der Waals surface area contributed by atoms with Crippen LogP contribution in [0, 0.1) is 0 Å². The standard InChI is InChI=1S/C12H25NO/c1-4-5-6-7-8-9-12(14)10-11-13(2)3/h4-11H2,1-3H3. The van der Waals surface area contributed by atoms with Crippen molar-refractivity contribution in [2.75, 3.05) is 20.6 Å². The summed E-state index contributed by atoms with van der Waals surface area (Å²) in [4.78, 5) is 13.4. The van der Waals surface area contributed by atoms with Gasteiger partial charge in [0.25, 0.3) is 0 Å². The lowest BCUT2D eigenvalue weighted by atomic mass is 10.1. The zero-order valence-corrected chi connectivity index (χ0v) is 10.0. The fourth-order valence-corrected chi connectivity index (χ4v) is 1.40. The molecule has 14 heavy (non-hydrogen) atoms. The molecule has 0 aliphatic heterocycles. The lowest BCUT2D eigenvalue weighted by Gasteiger charge is -2.07. The van der Waals surface area contributed by atoms with E-state index in [0.717, 1.165) is 25.8 Å². The van der Waals surface area contributed by atoms with Gasteiger partial charge in [0.2, 0.25) is 0 Å². The molecule has 0 aliphatic carbocycles. The zero-order valence-electron chi connectivity index (χ0n) is 10.0. The van der Waals surface area contributed by atoms with E-state index in [2.05, 4.69) is 11.8 Å². The third kappa shape index (κ3) is 9.72. The minimum absolute atomic E-state index is 0.426. The second-order valence-corrected chi connectivity index (χ2v) is 4.26. The number of Topliss-reactive ketones (excluding diaryl/α,β-unsaturated/α-hetero) is 1. The molecule has 0 rings (SSSR count). The largest absolute Gasteiger partial charge is 0.309 e. The van der Waals surface area contributed by atoms with Crippen molar-refractivity contribution in [1.82, 2.24) is 4.90 Å². The number of hydrogen-bond acceptors (Lipinski definition) is 2. The molecular formula is C12H25NO. The Morgan fingerprint density at radius 3 is 2.21 bits per heavy atom.